The van der Waals surface area contributed by atoms with Gasteiger partial charge in [-0.05, 0) is 74.5 Å². The normalized spacial score (nSPS) is 34.5. The lowest BCUT2D eigenvalue weighted by Crippen LogP contribution is -2.65. The first-order valence-electron chi connectivity index (χ1n) is 12.8. The zero-order chi connectivity index (χ0) is 23.5. The Labute approximate surface area is 201 Å². The molecule has 2 saturated heterocycles. The van der Waals surface area contributed by atoms with Crippen LogP contribution in [0, 0.1) is 17.3 Å². The van der Waals surface area contributed by atoms with Gasteiger partial charge in [-0.2, -0.15) is 0 Å². The molecule has 3 heterocycles. The van der Waals surface area contributed by atoms with Crippen LogP contribution in [-0.2, 0) is 20.5 Å². The third kappa shape index (κ3) is 3.66. The van der Waals surface area contributed by atoms with Crippen molar-refractivity contribution in [3.8, 4) is 0 Å². The van der Waals surface area contributed by atoms with Crippen LogP contribution in [0.2, 0.25) is 0 Å². The summed E-state index contributed by atoms with van der Waals surface area (Å²) in [6.45, 7) is 8.26. The molecule has 3 aliphatic carbocycles. The van der Waals surface area contributed by atoms with Crippen LogP contribution in [-0.4, -0.2) is 50.1 Å². The topological polar surface area (TPSA) is 82.0 Å². The SMILES string of the molecule is CC1(C)[C@@H]2C[C@H]3OB([C@H](Cc4coc5ccccc45)NC(=O)OC[C@H]4CCCN4)O[C@@]3(C)[C@H]1C2. The molecule has 7 nitrogen and oxygen atoms in total. The number of amides is 1. The quantitative estimate of drug-likeness (QED) is 0.625. The molecule has 1 aromatic carbocycles. The average molecular weight is 466 g/mol. The first kappa shape index (κ1) is 22.4. The van der Waals surface area contributed by atoms with E-state index in [4.69, 9.17) is 18.5 Å². The number of hydrogen-bond acceptors (Lipinski definition) is 6. The summed E-state index contributed by atoms with van der Waals surface area (Å²) < 4.78 is 24.6. The summed E-state index contributed by atoms with van der Waals surface area (Å²) in [7, 11) is -0.532. The number of ether oxygens (including phenoxy) is 1. The molecule has 182 valence electrons. The van der Waals surface area contributed by atoms with Gasteiger partial charge >= 0.3 is 13.2 Å². The maximum absolute atomic E-state index is 12.8. The van der Waals surface area contributed by atoms with Crippen LogP contribution in [0.25, 0.3) is 11.0 Å². The second kappa shape index (κ2) is 8.28. The van der Waals surface area contributed by atoms with Crippen molar-refractivity contribution in [3.63, 3.8) is 0 Å². The first-order chi connectivity index (χ1) is 16.3. The molecule has 1 amide bonds. The Morgan fingerprint density at radius 1 is 1.29 bits per heavy atom. The monoisotopic (exact) mass is 466 g/mol. The molecule has 1 aromatic heterocycles. The summed E-state index contributed by atoms with van der Waals surface area (Å²) >= 11 is 0. The Morgan fingerprint density at radius 2 is 2.15 bits per heavy atom. The predicted molar refractivity (Wildman–Crippen MR) is 129 cm³/mol. The zero-order valence-corrected chi connectivity index (χ0v) is 20.3. The number of hydrogen-bond donors (Lipinski definition) is 2. The summed E-state index contributed by atoms with van der Waals surface area (Å²) in [5, 5.41) is 7.49. The molecule has 0 spiro atoms. The van der Waals surface area contributed by atoms with Crippen LogP contribution in [0.1, 0.15) is 52.0 Å². The fourth-order valence-corrected chi connectivity index (χ4v) is 6.98. The molecule has 6 atom stereocenters. The summed E-state index contributed by atoms with van der Waals surface area (Å²) in [6.07, 6.45) is 6.29. The number of furan rings is 1. The Morgan fingerprint density at radius 3 is 2.94 bits per heavy atom. The van der Waals surface area contributed by atoms with Gasteiger partial charge in [0.05, 0.1) is 23.9 Å². The molecule has 34 heavy (non-hydrogen) atoms. The number of benzene rings is 1. The molecule has 5 fully saturated rings. The Bertz CT molecular complexity index is 1070. The van der Waals surface area contributed by atoms with E-state index in [1.807, 2.05) is 24.3 Å². The highest BCUT2D eigenvalue weighted by Crippen LogP contribution is 2.65. The van der Waals surface area contributed by atoms with E-state index in [1.54, 1.807) is 6.26 Å². The maximum atomic E-state index is 12.8. The summed E-state index contributed by atoms with van der Waals surface area (Å²) in [6, 6.07) is 8.20. The highest BCUT2D eigenvalue weighted by molar-refractivity contribution is 6.48. The Balaban J connectivity index is 1.21. The van der Waals surface area contributed by atoms with Crippen LogP contribution >= 0.6 is 0 Å². The third-order valence-corrected chi connectivity index (χ3v) is 9.18. The van der Waals surface area contributed by atoms with E-state index in [0.717, 1.165) is 42.3 Å². The second-order valence-electron chi connectivity index (χ2n) is 11.4. The van der Waals surface area contributed by atoms with Crippen molar-refractivity contribution in [2.45, 2.75) is 76.6 Å². The van der Waals surface area contributed by atoms with Crippen molar-refractivity contribution in [2.24, 2.45) is 17.3 Å². The molecule has 2 N–H and O–H groups in total. The van der Waals surface area contributed by atoms with Gasteiger partial charge in [0.2, 0.25) is 0 Å². The van der Waals surface area contributed by atoms with Crippen LogP contribution < -0.4 is 10.6 Å². The van der Waals surface area contributed by atoms with Crippen molar-refractivity contribution in [1.82, 2.24) is 10.6 Å². The third-order valence-electron chi connectivity index (χ3n) is 9.18. The van der Waals surface area contributed by atoms with Gasteiger partial charge in [0.25, 0.3) is 0 Å². The fraction of sp³-hybridized carbons (Fsp3) is 0.654. The Kier molecular flexibility index (Phi) is 5.46. The standard InChI is InChI=1S/C26H35BN2O5/c1-25(2)17-12-21(25)26(3)22(13-17)33-27(34-26)23(29-24(30)32-15-18-7-6-10-28-18)11-16-14-31-20-9-5-4-8-19(16)20/h4-5,8-9,14,17-18,21-23,28H,6-7,10-13,15H2,1-3H3,(H,29,30)/t17-,18+,21-,22+,23-,26-/m0/s1. The second-order valence-corrected chi connectivity index (χ2v) is 11.4. The van der Waals surface area contributed by atoms with Gasteiger partial charge in [-0.1, -0.05) is 32.0 Å². The number of carbonyl (C=O) groups excluding carboxylic acids is 1. The van der Waals surface area contributed by atoms with E-state index < -0.39 is 13.2 Å². The molecule has 0 radical (unpaired) electrons. The number of nitrogens with one attached hydrogen (secondary N) is 2. The van der Waals surface area contributed by atoms with Crippen LogP contribution in [0.15, 0.2) is 34.9 Å². The first-order valence-corrected chi connectivity index (χ1v) is 12.8. The van der Waals surface area contributed by atoms with E-state index in [2.05, 4.69) is 31.4 Å². The molecule has 2 aromatic rings. The van der Waals surface area contributed by atoms with E-state index >= 15 is 0 Å². The lowest BCUT2D eigenvalue weighted by Gasteiger charge is -2.64. The fourth-order valence-electron chi connectivity index (χ4n) is 6.98. The van der Waals surface area contributed by atoms with Crippen molar-refractivity contribution in [1.29, 1.82) is 0 Å². The number of alkyl carbamates (subject to hydrolysis) is 1. The lowest BCUT2D eigenvalue weighted by molar-refractivity contribution is -0.199. The van der Waals surface area contributed by atoms with Crippen LogP contribution in [0.5, 0.6) is 0 Å². The average Bonchev–Trinajstić information content (AvgIpc) is 3.55. The Hall–Kier alpha value is -2.03. The van der Waals surface area contributed by atoms with E-state index in [0.29, 0.717) is 24.9 Å². The molecule has 0 unspecified atom stereocenters. The van der Waals surface area contributed by atoms with Gasteiger partial charge < -0.3 is 29.1 Å². The van der Waals surface area contributed by atoms with Crippen molar-refractivity contribution >= 4 is 24.2 Å². The van der Waals surface area contributed by atoms with Gasteiger partial charge in [0.15, 0.2) is 0 Å². The maximum Gasteiger partial charge on any atom is 0.482 e. The molecule has 7 rings (SSSR count). The van der Waals surface area contributed by atoms with Gasteiger partial charge in [-0.15, -0.1) is 0 Å². The summed E-state index contributed by atoms with van der Waals surface area (Å²) in [4.78, 5) is 12.8. The summed E-state index contributed by atoms with van der Waals surface area (Å²) in [5.74, 6) is 0.753. The molecule has 8 heteroatoms. The number of carbonyl (C=O) groups is 1. The van der Waals surface area contributed by atoms with Crippen molar-refractivity contribution in [3.05, 3.63) is 36.1 Å². The summed E-state index contributed by atoms with van der Waals surface area (Å²) in [5.41, 5.74) is 1.79. The zero-order valence-electron chi connectivity index (χ0n) is 20.3. The number of para-hydroxylation sites is 1. The highest BCUT2D eigenvalue weighted by Gasteiger charge is 2.68. The van der Waals surface area contributed by atoms with Gasteiger partial charge in [-0.25, -0.2) is 4.79 Å². The molecular formula is C26H35BN2O5. The largest absolute Gasteiger partial charge is 0.482 e. The smallest absolute Gasteiger partial charge is 0.464 e. The lowest BCUT2D eigenvalue weighted by atomic mass is 9.43. The van der Waals surface area contributed by atoms with E-state index in [9.17, 15) is 4.79 Å². The number of fused-ring (bicyclic) bond motifs is 1. The molecule has 3 saturated carbocycles. The van der Waals surface area contributed by atoms with Crippen LogP contribution in [0.4, 0.5) is 4.79 Å². The van der Waals surface area contributed by atoms with E-state index in [-0.39, 0.29) is 29.1 Å². The minimum Gasteiger partial charge on any atom is -0.464 e. The minimum absolute atomic E-state index is 0.0541. The highest BCUT2D eigenvalue weighted by atomic mass is 16.7. The molecule has 2 aliphatic heterocycles. The van der Waals surface area contributed by atoms with Gasteiger partial charge in [0, 0.05) is 11.4 Å². The molecule has 5 aliphatic rings. The van der Waals surface area contributed by atoms with E-state index in [1.165, 1.54) is 6.42 Å². The number of rotatable bonds is 6. The minimum atomic E-state index is -0.532. The predicted octanol–water partition coefficient (Wildman–Crippen LogP) is 4.09. The van der Waals surface area contributed by atoms with Crippen molar-refractivity contribution < 1.29 is 23.3 Å². The van der Waals surface area contributed by atoms with Gasteiger partial charge in [0.1, 0.15) is 12.2 Å². The van der Waals surface area contributed by atoms with Gasteiger partial charge in [-0.3, -0.25) is 0 Å². The molecule has 2 bridgehead atoms. The molecular weight excluding hydrogens is 431 g/mol. The van der Waals surface area contributed by atoms with Crippen molar-refractivity contribution in [2.75, 3.05) is 13.2 Å². The van der Waals surface area contributed by atoms with Crippen LogP contribution in [0.3, 0.4) is 0 Å².